The van der Waals surface area contributed by atoms with E-state index >= 15 is 0 Å². The predicted octanol–water partition coefficient (Wildman–Crippen LogP) is 3.81. The van der Waals surface area contributed by atoms with Crippen molar-refractivity contribution in [1.29, 1.82) is 0 Å². The van der Waals surface area contributed by atoms with E-state index in [9.17, 15) is 10.2 Å². The number of likely N-dealkylation sites (tertiary alicyclic amines) is 1. The molecule has 1 saturated carbocycles. The second-order valence-corrected chi connectivity index (χ2v) is 8.53. The summed E-state index contributed by atoms with van der Waals surface area (Å²) in [5.41, 5.74) is 2.00. The number of hydrogen-bond acceptors (Lipinski definition) is 3. The maximum Gasteiger partial charge on any atom is 0.115 e. The number of aromatic hydroxyl groups is 1. The van der Waals surface area contributed by atoms with Gasteiger partial charge in [-0.1, -0.05) is 49.4 Å². The molecule has 3 heteroatoms. The molecule has 2 aliphatic rings. The Kier molecular flexibility index (Phi) is 4.76. The summed E-state index contributed by atoms with van der Waals surface area (Å²) in [6.07, 6.45) is 2.64. The Hall–Kier alpha value is -1.84. The SMILES string of the molecule is CC(CN1C[C@@H]2C[C@@](O)(Cc3ccccc3)C[C@@H]2C1)c1ccc(O)cc1. The minimum absolute atomic E-state index is 0.328. The topological polar surface area (TPSA) is 43.7 Å². The zero-order chi connectivity index (χ0) is 18.1. The minimum atomic E-state index is -0.522. The minimum Gasteiger partial charge on any atom is -0.508 e. The highest BCUT2D eigenvalue weighted by Gasteiger charge is 2.48. The zero-order valence-electron chi connectivity index (χ0n) is 15.5. The third-order valence-electron chi connectivity index (χ3n) is 6.31. The predicted molar refractivity (Wildman–Crippen MR) is 104 cm³/mol. The summed E-state index contributed by atoms with van der Waals surface area (Å²) in [6, 6.07) is 18.0. The van der Waals surface area contributed by atoms with Crippen molar-refractivity contribution in [3.8, 4) is 5.75 Å². The van der Waals surface area contributed by atoms with Crippen LogP contribution in [-0.2, 0) is 6.42 Å². The standard InChI is InChI=1S/C23H29NO2/c1-17(19-7-9-22(25)10-8-19)14-24-15-20-12-23(26,13-21(20)16-24)11-18-5-3-2-4-6-18/h2-10,17,20-21,25-26H,11-16H2,1H3/t17?,20-,21+,23-. The highest BCUT2D eigenvalue weighted by atomic mass is 16.3. The lowest BCUT2D eigenvalue weighted by Crippen LogP contribution is -2.33. The molecule has 4 rings (SSSR count). The highest BCUT2D eigenvalue weighted by Crippen LogP contribution is 2.45. The van der Waals surface area contributed by atoms with Crippen LogP contribution < -0.4 is 0 Å². The van der Waals surface area contributed by atoms with Gasteiger partial charge in [0.1, 0.15) is 5.75 Å². The fourth-order valence-electron chi connectivity index (χ4n) is 5.12. The Morgan fingerprint density at radius 1 is 1.00 bits per heavy atom. The summed E-state index contributed by atoms with van der Waals surface area (Å²) in [5.74, 6) is 2.03. The van der Waals surface area contributed by atoms with E-state index in [0.717, 1.165) is 38.9 Å². The van der Waals surface area contributed by atoms with E-state index in [2.05, 4.69) is 36.1 Å². The van der Waals surface area contributed by atoms with Gasteiger partial charge in [0.05, 0.1) is 5.60 Å². The van der Waals surface area contributed by atoms with Crippen LogP contribution in [0.3, 0.4) is 0 Å². The maximum atomic E-state index is 11.1. The summed E-state index contributed by atoms with van der Waals surface area (Å²) in [4.78, 5) is 2.56. The van der Waals surface area contributed by atoms with Gasteiger partial charge in [-0.25, -0.2) is 0 Å². The van der Waals surface area contributed by atoms with Gasteiger partial charge in [-0.15, -0.1) is 0 Å². The Labute approximate surface area is 156 Å². The van der Waals surface area contributed by atoms with Gasteiger partial charge in [-0.3, -0.25) is 0 Å². The van der Waals surface area contributed by atoms with Gasteiger partial charge in [-0.2, -0.15) is 0 Å². The van der Waals surface area contributed by atoms with Crippen molar-refractivity contribution < 1.29 is 10.2 Å². The third kappa shape index (κ3) is 3.79. The van der Waals surface area contributed by atoms with Crippen molar-refractivity contribution in [3.63, 3.8) is 0 Å². The molecule has 3 nitrogen and oxygen atoms in total. The summed E-state index contributed by atoms with van der Waals surface area (Å²) >= 11 is 0. The van der Waals surface area contributed by atoms with Crippen LogP contribution in [0.15, 0.2) is 54.6 Å². The Balaban J connectivity index is 1.32. The van der Waals surface area contributed by atoms with E-state index in [1.165, 1.54) is 11.1 Å². The number of phenols is 1. The van der Waals surface area contributed by atoms with E-state index in [1.807, 2.05) is 18.2 Å². The molecule has 138 valence electrons. The van der Waals surface area contributed by atoms with E-state index in [-0.39, 0.29) is 0 Å². The Bertz CT molecular complexity index is 714. The molecular weight excluding hydrogens is 322 g/mol. The number of rotatable bonds is 5. The van der Waals surface area contributed by atoms with Crippen LogP contribution >= 0.6 is 0 Å². The van der Waals surface area contributed by atoms with Gasteiger partial charge in [0.25, 0.3) is 0 Å². The molecule has 0 radical (unpaired) electrons. The molecule has 1 aliphatic carbocycles. The normalized spacial score (nSPS) is 29.6. The van der Waals surface area contributed by atoms with Crippen LogP contribution in [0.2, 0.25) is 0 Å². The molecular formula is C23H29NO2. The maximum absolute atomic E-state index is 11.1. The Morgan fingerprint density at radius 2 is 1.62 bits per heavy atom. The molecule has 0 spiro atoms. The number of aliphatic hydroxyl groups is 1. The first-order chi connectivity index (χ1) is 12.5. The van der Waals surface area contributed by atoms with Gasteiger partial charge >= 0.3 is 0 Å². The number of nitrogens with zero attached hydrogens (tertiary/aromatic N) is 1. The summed E-state index contributed by atoms with van der Waals surface area (Å²) < 4.78 is 0. The molecule has 26 heavy (non-hydrogen) atoms. The first-order valence-corrected chi connectivity index (χ1v) is 9.78. The monoisotopic (exact) mass is 351 g/mol. The summed E-state index contributed by atoms with van der Waals surface area (Å²) in [5, 5.41) is 20.5. The fourth-order valence-corrected chi connectivity index (χ4v) is 5.12. The molecule has 0 aromatic heterocycles. The van der Waals surface area contributed by atoms with E-state index in [1.54, 1.807) is 12.1 Å². The van der Waals surface area contributed by atoms with Crippen LogP contribution in [0.25, 0.3) is 0 Å². The average molecular weight is 351 g/mol. The molecule has 2 fully saturated rings. The van der Waals surface area contributed by atoms with Crippen molar-refractivity contribution in [1.82, 2.24) is 4.90 Å². The van der Waals surface area contributed by atoms with Crippen molar-refractivity contribution in [2.45, 2.75) is 37.7 Å². The lowest BCUT2D eigenvalue weighted by atomic mass is 9.91. The lowest BCUT2D eigenvalue weighted by molar-refractivity contribution is 0.0353. The second kappa shape index (κ2) is 7.05. The van der Waals surface area contributed by atoms with Gasteiger partial charge < -0.3 is 15.1 Å². The number of benzene rings is 2. The molecule has 2 aromatic carbocycles. The van der Waals surface area contributed by atoms with Gasteiger partial charge in [0, 0.05) is 26.1 Å². The molecule has 2 aromatic rings. The van der Waals surface area contributed by atoms with Crippen LogP contribution in [0.5, 0.6) is 5.75 Å². The highest BCUT2D eigenvalue weighted by molar-refractivity contribution is 5.28. The smallest absolute Gasteiger partial charge is 0.115 e. The zero-order valence-corrected chi connectivity index (χ0v) is 15.5. The number of phenolic OH excluding ortho intramolecular Hbond substituents is 1. The van der Waals surface area contributed by atoms with Crippen molar-refractivity contribution >= 4 is 0 Å². The second-order valence-electron chi connectivity index (χ2n) is 8.53. The molecule has 0 amide bonds. The first kappa shape index (κ1) is 17.6. The van der Waals surface area contributed by atoms with Crippen LogP contribution in [0, 0.1) is 11.8 Å². The summed E-state index contributed by atoms with van der Waals surface area (Å²) in [6.45, 7) is 5.51. The molecule has 4 atom stereocenters. The third-order valence-corrected chi connectivity index (χ3v) is 6.31. The first-order valence-electron chi connectivity index (χ1n) is 9.78. The van der Waals surface area contributed by atoms with Gasteiger partial charge in [0.15, 0.2) is 0 Å². The fraction of sp³-hybridized carbons (Fsp3) is 0.478. The largest absolute Gasteiger partial charge is 0.508 e. The molecule has 1 aliphatic heterocycles. The van der Waals surface area contributed by atoms with Crippen LogP contribution in [0.1, 0.15) is 36.8 Å². The molecule has 1 saturated heterocycles. The van der Waals surface area contributed by atoms with Crippen LogP contribution in [-0.4, -0.2) is 40.3 Å². The van der Waals surface area contributed by atoms with Crippen molar-refractivity contribution in [3.05, 3.63) is 65.7 Å². The van der Waals surface area contributed by atoms with Gasteiger partial charge in [-0.05, 0) is 53.9 Å². The van der Waals surface area contributed by atoms with E-state index < -0.39 is 5.60 Å². The Morgan fingerprint density at radius 3 is 2.23 bits per heavy atom. The number of hydrogen-bond donors (Lipinski definition) is 2. The lowest BCUT2D eigenvalue weighted by Gasteiger charge is -2.27. The van der Waals surface area contributed by atoms with Crippen molar-refractivity contribution in [2.75, 3.05) is 19.6 Å². The van der Waals surface area contributed by atoms with Crippen LogP contribution in [0.4, 0.5) is 0 Å². The molecule has 1 heterocycles. The molecule has 0 bridgehead atoms. The van der Waals surface area contributed by atoms with E-state index in [0.29, 0.717) is 23.5 Å². The van der Waals surface area contributed by atoms with Crippen molar-refractivity contribution in [2.24, 2.45) is 11.8 Å². The molecule has 1 unspecified atom stereocenters. The van der Waals surface area contributed by atoms with E-state index in [4.69, 9.17) is 0 Å². The van der Waals surface area contributed by atoms with Gasteiger partial charge in [0.2, 0.25) is 0 Å². The quantitative estimate of drug-likeness (QED) is 0.861. The molecule has 2 N–H and O–H groups in total. The summed E-state index contributed by atoms with van der Waals surface area (Å²) in [7, 11) is 0. The number of fused-ring (bicyclic) bond motifs is 1. The average Bonchev–Trinajstić information content (AvgIpc) is 3.10.